The first-order valence-electron chi connectivity index (χ1n) is 2.58. The van der Waals surface area contributed by atoms with Gasteiger partial charge in [0.05, 0.1) is 9.50 Å². The molecule has 0 unspecified atom stereocenters. The van der Waals surface area contributed by atoms with Gasteiger partial charge in [-0.15, -0.1) is 11.8 Å². The molecule has 0 aliphatic rings. The lowest BCUT2D eigenvalue weighted by atomic mass is 10.5. The highest BCUT2D eigenvalue weighted by Crippen LogP contribution is 2.30. The van der Waals surface area contributed by atoms with Gasteiger partial charge in [-0.3, -0.25) is 4.98 Å². The van der Waals surface area contributed by atoms with E-state index >= 15 is 0 Å². The molecule has 4 heteroatoms. The van der Waals surface area contributed by atoms with Crippen molar-refractivity contribution in [1.29, 1.82) is 0 Å². The molecule has 54 valence electrons. The molecule has 0 aromatic carbocycles. The molecule has 1 nitrogen and oxygen atoms in total. The molecule has 0 fully saturated rings. The molecule has 1 aromatic rings. The molecule has 0 saturated heterocycles. The van der Waals surface area contributed by atoms with Crippen LogP contribution >= 0.6 is 39.3 Å². The SMILES string of the molecule is CSc1cncc(Br)c1Cl. The largest absolute Gasteiger partial charge is 0.262 e. The summed E-state index contributed by atoms with van der Waals surface area (Å²) in [5.41, 5.74) is 0. The average Bonchev–Trinajstić information content (AvgIpc) is 1.95. The van der Waals surface area contributed by atoms with Crippen LogP contribution in [0.1, 0.15) is 0 Å². The number of rotatable bonds is 1. The van der Waals surface area contributed by atoms with Crippen LogP contribution in [0.3, 0.4) is 0 Å². The maximum Gasteiger partial charge on any atom is 0.0714 e. The minimum absolute atomic E-state index is 0.738. The average molecular weight is 239 g/mol. The van der Waals surface area contributed by atoms with E-state index in [-0.39, 0.29) is 0 Å². The lowest BCUT2D eigenvalue weighted by Gasteiger charge is -1.99. The van der Waals surface area contributed by atoms with Gasteiger partial charge in [0.1, 0.15) is 0 Å². The second kappa shape index (κ2) is 3.60. The molecule has 1 heterocycles. The molecule has 0 spiro atoms. The van der Waals surface area contributed by atoms with E-state index in [1.165, 1.54) is 0 Å². The van der Waals surface area contributed by atoms with Gasteiger partial charge in [0.15, 0.2) is 0 Å². The summed E-state index contributed by atoms with van der Waals surface area (Å²) in [6.07, 6.45) is 5.40. The van der Waals surface area contributed by atoms with Gasteiger partial charge in [-0.1, -0.05) is 11.6 Å². The van der Waals surface area contributed by atoms with E-state index in [0.29, 0.717) is 0 Å². The van der Waals surface area contributed by atoms with Crippen LogP contribution in [-0.4, -0.2) is 11.2 Å². The lowest BCUT2D eigenvalue weighted by molar-refractivity contribution is 1.22. The zero-order valence-electron chi connectivity index (χ0n) is 5.27. The van der Waals surface area contributed by atoms with Gasteiger partial charge in [0, 0.05) is 17.3 Å². The van der Waals surface area contributed by atoms with Crippen LogP contribution < -0.4 is 0 Å². The van der Waals surface area contributed by atoms with Gasteiger partial charge in [-0.2, -0.15) is 0 Å². The first kappa shape index (κ1) is 8.37. The van der Waals surface area contributed by atoms with Crippen LogP contribution in [0.2, 0.25) is 5.02 Å². The van der Waals surface area contributed by atoms with Gasteiger partial charge in [-0.25, -0.2) is 0 Å². The maximum atomic E-state index is 5.89. The molecule has 10 heavy (non-hydrogen) atoms. The quantitative estimate of drug-likeness (QED) is 0.697. The third-order valence-electron chi connectivity index (χ3n) is 1.03. The van der Waals surface area contributed by atoms with Gasteiger partial charge < -0.3 is 0 Å². The van der Waals surface area contributed by atoms with Crippen molar-refractivity contribution in [3.05, 3.63) is 21.9 Å². The summed E-state index contributed by atoms with van der Waals surface area (Å²) < 4.78 is 0.848. The Balaban J connectivity index is 3.14. The monoisotopic (exact) mass is 237 g/mol. The molecule has 0 atom stereocenters. The Morgan fingerprint density at radius 1 is 1.60 bits per heavy atom. The van der Waals surface area contributed by atoms with E-state index in [2.05, 4.69) is 20.9 Å². The Morgan fingerprint density at radius 2 is 2.30 bits per heavy atom. The van der Waals surface area contributed by atoms with E-state index < -0.39 is 0 Å². The zero-order chi connectivity index (χ0) is 7.56. The number of hydrogen-bond donors (Lipinski definition) is 0. The van der Waals surface area contributed by atoms with E-state index in [4.69, 9.17) is 11.6 Å². The fraction of sp³-hybridized carbons (Fsp3) is 0.167. The van der Waals surface area contributed by atoms with Gasteiger partial charge in [0.25, 0.3) is 0 Å². The standard InChI is InChI=1S/C6H5BrClNS/c1-10-5-3-9-2-4(7)6(5)8/h2-3H,1H3. The third-order valence-corrected chi connectivity index (χ3v) is 3.12. The van der Waals surface area contributed by atoms with Crippen LogP contribution in [0.25, 0.3) is 0 Å². The highest BCUT2D eigenvalue weighted by Gasteiger charge is 2.01. The molecular weight excluding hydrogens is 233 g/mol. The van der Waals surface area contributed by atoms with Crippen LogP contribution in [0.5, 0.6) is 0 Å². The molecule has 0 aliphatic heterocycles. The van der Waals surface area contributed by atoms with Crippen LogP contribution in [0.4, 0.5) is 0 Å². The van der Waals surface area contributed by atoms with Gasteiger partial charge in [0.2, 0.25) is 0 Å². The Kier molecular flexibility index (Phi) is 3.01. The third kappa shape index (κ3) is 1.65. The second-order valence-electron chi connectivity index (χ2n) is 1.64. The van der Waals surface area contributed by atoms with Crippen molar-refractivity contribution < 1.29 is 0 Å². The number of aromatic nitrogens is 1. The van der Waals surface area contributed by atoms with Crippen molar-refractivity contribution in [1.82, 2.24) is 4.98 Å². The lowest BCUT2D eigenvalue weighted by Crippen LogP contribution is -1.77. The Hall–Kier alpha value is 0.270. The summed E-state index contributed by atoms with van der Waals surface area (Å²) >= 11 is 10.7. The first-order valence-corrected chi connectivity index (χ1v) is 4.98. The summed E-state index contributed by atoms with van der Waals surface area (Å²) in [7, 11) is 0. The fourth-order valence-corrected chi connectivity index (χ4v) is 1.79. The highest BCUT2D eigenvalue weighted by atomic mass is 79.9. The van der Waals surface area contributed by atoms with Crippen LogP contribution in [-0.2, 0) is 0 Å². The molecule has 0 amide bonds. The van der Waals surface area contributed by atoms with Crippen molar-refractivity contribution in [3.8, 4) is 0 Å². The topological polar surface area (TPSA) is 12.9 Å². The molecule has 1 aromatic heterocycles. The summed E-state index contributed by atoms with van der Waals surface area (Å²) in [6.45, 7) is 0. The summed E-state index contributed by atoms with van der Waals surface area (Å²) in [4.78, 5) is 4.96. The minimum Gasteiger partial charge on any atom is -0.262 e. The fourth-order valence-electron chi connectivity index (χ4n) is 0.544. The van der Waals surface area contributed by atoms with Crippen molar-refractivity contribution in [2.45, 2.75) is 4.90 Å². The minimum atomic E-state index is 0.738. The van der Waals surface area contributed by atoms with Crippen molar-refractivity contribution in [3.63, 3.8) is 0 Å². The van der Waals surface area contributed by atoms with Crippen molar-refractivity contribution in [2.75, 3.05) is 6.26 Å². The van der Waals surface area contributed by atoms with Gasteiger partial charge in [-0.05, 0) is 22.2 Å². The maximum absolute atomic E-state index is 5.89. The van der Waals surface area contributed by atoms with E-state index in [0.717, 1.165) is 14.4 Å². The summed E-state index contributed by atoms with van der Waals surface area (Å²) in [5, 5.41) is 0.738. The number of hydrogen-bond acceptors (Lipinski definition) is 2. The second-order valence-corrected chi connectivity index (χ2v) is 3.72. The van der Waals surface area contributed by atoms with Gasteiger partial charge >= 0.3 is 0 Å². The molecular formula is C6H5BrClNS. The molecule has 0 N–H and O–H groups in total. The number of thioether (sulfide) groups is 1. The summed E-state index contributed by atoms with van der Waals surface area (Å²) in [6, 6.07) is 0. The Bertz CT molecular complexity index is 241. The smallest absolute Gasteiger partial charge is 0.0714 e. The van der Waals surface area contributed by atoms with Crippen LogP contribution in [0, 0.1) is 0 Å². The van der Waals surface area contributed by atoms with E-state index in [1.807, 2.05) is 6.26 Å². The number of pyridine rings is 1. The van der Waals surface area contributed by atoms with Crippen LogP contribution in [0.15, 0.2) is 21.8 Å². The molecule has 0 aliphatic carbocycles. The molecule has 0 bridgehead atoms. The van der Waals surface area contributed by atoms with E-state index in [9.17, 15) is 0 Å². The Labute approximate surface area is 77.3 Å². The first-order chi connectivity index (χ1) is 4.75. The predicted molar refractivity (Wildman–Crippen MR) is 48.7 cm³/mol. The molecule has 1 rings (SSSR count). The molecule has 0 radical (unpaired) electrons. The number of halogens is 2. The van der Waals surface area contributed by atoms with E-state index in [1.54, 1.807) is 24.2 Å². The normalized spacial score (nSPS) is 9.90. The molecule has 0 saturated carbocycles. The Morgan fingerprint density at radius 3 is 2.80 bits per heavy atom. The summed E-state index contributed by atoms with van der Waals surface area (Å²) in [5.74, 6) is 0. The van der Waals surface area contributed by atoms with Crippen molar-refractivity contribution in [2.24, 2.45) is 0 Å². The predicted octanol–water partition coefficient (Wildman–Crippen LogP) is 3.22. The van der Waals surface area contributed by atoms with Crippen molar-refractivity contribution >= 4 is 39.3 Å². The number of nitrogens with zero attached hydrogens (tertiary/aromatic N) is 1. The zero-order valence-corrected chi connectivity index (χ0v) is 8.42. The highest BCUT2D eigenvalue weighted by molar-refractivity contribution is 9.10.